The fourth-order valence-electron chi connectivity index (χ4n) is 3.32. The molecule has 29 heavy (non-hydrogen) atoms. The third kappa shape index (κ3) is 7.66. The van der Waals surface area contributed by atoms with Crippen molar-refractivity contribution in [2.45, 2.75) is 70.4 Å². The maximum atomic E-state index is 11.7. The van der Waals surface area contributed by atoms with Crippen molar-refractivity contribution in [1.29, 1.82) is 0 Å². The molecule has 2 amide bonds. The van der Waals surface area contributed by atoms with Gasteiger partial charge < -0.3 is 15.5 Å². The first kappa shape index (κ1) is 21.6. The minimum absolute atomic E-state index is 0.0699. The molecule has 0 radical (unpaired) electrons. The quantitative estimate of drug-likeness (QED) is 0.244. The summed E-state index contributed by atoms with van der Waals surface area (Å²) in [5, 5.41) is 5.63. The summed E-state index contributed by atoms with van der Waals surface area (Å²) < 4.78 is 5.84. The van der Waals surface area contributed by atoms with Crippen molar-refractivity contribution in [1.82, 2.24) is 16.1 Å². The SMILES string of the molecule is CC(C)(CCCCNC1CCC(=O)NC1=O)NNc1cccc(OCC2CC2)c1. The summed E-state index contributed by atoms with van der Waals surface area (Å²) in [7, 11) is 0. The number of rotatable bonds is 12. The Morgan fingerprint density at radius 2 is 2.00 bits per heavy atom. The van der Waals surface area contributed by atoms with E-state index in [0.717, 1.165) is 49.8 Å². The molecule has 1 aromatic carbocycles. The Morgan fingerprint density at radius 1 is 1.17 bits per heavy atom. The Labute approximate surface area is 173 Å². The van der Waals surface area contributed by atoms with E-state index in [-0.39, 0.29) is 23.4 Å². The van der Waals surface area contributed by atoms with Crippen LogP contribution in [0.2, 0.25) is 0 Å². The Morgan fingerprint density at radius 3 is 2.76 bits per heavy atom. The highest BCUT2D eigenvalue weighted by molar-refractivity contribution is 6.00. The van der Waals surface area contributed by atoms with E-state index < -0.39 is 0 Å². The molecule has 1 atom stereocenters. The third-order valence-corrected chi connectivity index (χ3v) is 5.42. The summed E-state index contributed by atoms with van der Waals surface area (Å²) in [6.07, 6.45) is 6.59. The van der Waals surface area contributed by atoms with Crippen molar-refractivity contribution in [3.63, 3.8) is 0 Å². The second-order valence-electron chi connectivity index (χ2n) is 8.83. The van der Waals surface area contributed by atoms with Gasteiger partial charge in [0.2, 0.25) is 11.8 Å². The van der Waals surface area contributed by atoms with Gasteiger partial charge in [0.25, 0.3) is 0 Å². The summed E-state index contributed by atoms with van der Waals surface area (Å²) in [5.41, 5.74) is 7.63. The molecule has 4 N–H and O–H groups in total. The third-order valence-electron chi connectivity index (χ3n) is 5.42. The lowest BCUT2D eigenvalue weighted by Crippen LogP contribution is -2.50. The molecule has 0 bridgehead atoms. The van der Waals surface area contributed by atoms with Crippen molar-refractivity contribution >= 4 is 17.5 Å². The van der Waals surface area contributed by atoms with Gasteiger partial charge in [-0.2, -0.15) is 0 Å². The molecule has 0 spiro atoms. The average Bonchev–Trinajstić information content (AvgIpc) is 3.51. The van der Waals surface area contributed by atoms with E-state index in [1.807, 2.05) is 24.3 Å². The molecule has 1 aromatic rings. The molecule has 0 aromatic heterocycles. The number of unbranched alkanes of at least 4 members (excludes halogenated alkanes) is 1. The summed E-state index contributed by atoms with van der Waals surface area (Å²) >= 11 is 0. The van der Waals surface area contributed by atoms with Crippen LogP contribution in [0.15, 0.2) is 24.3 Å². The lowest BCUT2D eigenvalue weighted by atomic mass is 9.98. The average molecular weight is 403 g/mol. The number of anilines is 1. The molecule has 1 saturated heterocycles. The van der Waals surface area contributed by atoms with Gasteiger partial charge in [0.1, 0.15) is 5.75 Å². The number of ether oxygens (including phenoxy) is 1. The molecular formula is C22H34N4O3. The number of benzene rings is 1. The monoisotopic (exact) mass is 402 g/mol. The standard InChI is InChI=1S/C22H34N4O3/c1-22(2,12-3-4-13-23-19-10-11-20(27)24-21(19)28)26-25-17-6-5-7-18(14-17)29-15-16-8-9-16/h5-7,14,16,19,23,25-26H,3-4,8-13,15H2,1-2H3,(H,24,27,28). The van der Waals surface area contributed by atoms with Crippen molar-refractivity contribution in [2.24, 2.45) is 5.92 Å². The fraction of sp³-hybridized carbons (Fsp3) is 0.636. The molecule has 1 saturated carbocycles. The topological polar surface area (TPSA) is 91.5 Å². The van der Waals surface area contributed by atoms with Crippen molar-refractivity contribution in [3.05, 3.63) is 24.3 Å². The number of piperidine rings is 1. The van der Waals surface area contributed by atoms with Crippen LogP contribution in [0.3, 0.4) is 0 Å². The van der Waals surface area contributed by atoms with E-state index in [0.29, 0.717) is 12.8 Å². The van der Waals surface area contributed by atoms with E-state index in [9.17, 15) is 9.59 Å². The zero-order chi connectivity index (χ0) is 20.7. The predicted octanol–water partition coefficient (Wildman–Crippen LogP) is 2.74. The van der Waals surface area contributed by atoms with Gasteiger partial charge in [-0.1, -0.05) is 12.5 Å². The van der Waals surface area contributed by atoms with E-state index in [1.165, 1.54) is 12.8 Å². The summed E-state index contributed by atoms with van der Waals surface area (Å²) in [6.45, 7) is 5.92. The molecular weight excluding hydrogens is 368 g/mol. The Kier molecular flexibility index (Phi) is 7.50. The lowest BCUT2D eigenvalue weighted by Gasteiger charge is -2.27. The van der Waals surface area contributed by atoms with Gasteiger partial charge in [-0.25, -0.2) is 5.43 Å². The maximum Gasteiger partial charge on any atom is 0.243 e. The molecule has 1 heterocycles. The molecule has 2 aliphatic rings. The first-order valence-corrected chi connectivity index (χ1v) is 10.7. The molecule has 3 rings (SSSR count). The van der Waals surface area contributed by atoms with Crippen LogP contribution in [0.5, 0.6) is 5.75 Å². The van der Waals surface area contributed by atoms with Gasteiger partial charge in [0.05, 0.1) is 18.3 Å². The number of hydrazine groups is 1. The number of hydrogen-bond acceptors (Lipinski definition) is 6. The summed E-state index contributed by atoms with van der Waals surface area (Å²) in [6, 6.07) is 7.80. The highest BCUT2D eigenvalue weighted by Gasteiger charge is 2.25. The van der Waals surface area contributed by atoms with Crippen molar-refractivity contribution in [2.75, 3.05) is 18.6 Å². The summed E-state index contributed by atoms with van der Waals surface area (Å²) in [5.74, 6) is 1.28. The number of carbonyl (C=O) groups excluding carboxylic acids is 2. The Balaban J connectivity index is 1.31. The maximum absolute atomic E-state index is 11.7. The number of carbonyl (C=O) groups is 2. The molecule has 7 nitrogen and oxygen atoms in total. The lowest BCUT2D eigenvalue weighted by molar-refractivity contribution is -0.134. The van der Waals surface area contributed by atoms with Crippen LogP contribution in [0.1, 0.15) is 58.8 Å². The van der Waals surface area contributed by atoms with Gasteiger partial charge in [0, 0.05) is 18.0 Å². The smallest absolute Gasteiger partial charge is 0.243 e. The van der Waals surface area contributed by atoms with Crippen LogP contribution in [-0.4, -0.2) is 36.5 Å². The van der Waals surface area contributed by atoms with Crippen LogP contribution in [0, 0.1) is 5.92 Å². The molecule has 2 fully saturated rings. The van der Waals surface area contributed by atoms with E-state index >= 15 is 0 Å². The van der Waals surface area contributed by atoms with Crippen LogP contribution in [0.25, 0.3) is 0 Å². The second-order valence-corrected chi connectivity index (χ2v) is 8.83. The number of imide groups is 1. The summed E-state index contributed by atoms with van der Waals surface area (Å²) in [4.78, 5) is 22.9. The number of nitrogens with one attached hydrogen (secondary N) is 4. The van der Waals surface area contributed by atoms with Gasteiger partial charge in [0.15, 0.2) is 0 Å². The largest absolute Gasteiger partial charge is 0.493 e. The second kappa shape index (κ2) is 10.1. The highest BCUT2D eigenvalue weighted by Crippen LogP contribution is 2.30. The van der Waals surface area contributed by atoms with Crippen LogP contribution in [0.4, 0.5) is 5.69 Å². The molecule has 1 aliphatic heterocycles. The first-order valence-electron chi connectivity index (χ1n) is 10.7. The molecule has 1 aliphatic carbocycles. The van der Waals surface area contributed by atoms with E-state index in [4.69, 9.17) is 4.74 Å². The normalized spacial score (nSPS) is 19.7. The zero-order valence-electron chi connectivity index (χ0n) is 17.6. The van der Waals surface area contributed by atoms with Crippen molar-refractivity contribution < 1.29 is 14.3 Å². The van der Waals surface area contributed by atoms with E-state index in [1.54, 1.807) is 0 Å². The highest BCUT2D eigenvalue weighted by atomic mass is 16.5. The van der Waals surface area contributed by atoms with Crippen LogP contribution in [-0.2, 0) is 9.59 Å². The minimum atomic E-state index is -0.241. The van der Waals surface area contributed by atoms with E-state index in [2.05, 4.69) is 35.3 Å². The molecule has 1 unspecified atom stereocenters. The van der Waals surface area contributed by atoms with Crippen LogP contribution >= 0.6 is 0 Å². The first-order chi connectivity index (χ1) is 13.9. The van der Waals surface area contributed by atoms with Gasteiger partial charge in [-0.05, 0) is 70.5 Å². The van der Waals surface area contributed by atoms with Crippen LogP contribution < -0.4 is 26.2 Å². The zero-order valence-corrected chi connectivity index (χ0v) is 17.6. The number of amides is 2. The molecule has 7 heteroatoms. The number of hydrogen-bond donors (Lipinski definition) is 4. The minimum Gasteiger partial charge on any atom is -0.493 e. The molecule has 160 valence electrons. The van der Waals surface area contributed by atoms with Gasteiger partial charge >= 0.3 is 0 Å². The fourth-order valence-corrected chi connectivity index (χ4v) is 3.32. The predicted molar refractivity (Wildman–Crippen MR) is 114 cm³/mol. The Bertz CT molecular complexity index is 703. The van der Waals surface area contributed by atoms with Gasteiger partial charge in [-0.3, -0.25) is 14.9 Å². The van der Waals surface area contributed by atoms with Crippen molar-refractivity contribution in [3.8, 4) is 5.75 Å². The Hall–Kier alpha value is -2.12. The van der Waals surface area contributed by atoms with Gasteiger partial charge in [-0.15, -0.1) is 0 Å².